The number of aromatic nitrogens is 2. The molecule has 3 rings (SSSR count). The van der Waals surface area contributed by atoms with Gasteiger partial charge in [-0.05, 0) is 18.2 Å². The normalized spacial score (nSPS) is 13.1. The SMILES string of the molecule is O=C(O)CCc1cc2n(n1)CCN(C(=O)CCNC(=O)c1ccccc1F)C2. The third-order valence-electron chi connectivity index (χ3n) is 4.54. The Labute approximate surface area is 160 Å². The molecule has 1 aliphatic heterocycles. The first-order chi connectivity index (χ1) is 13.4. The van der Waals surface area contributed by atoms with Crippen molar-refractivity contribution in [3.05, 3.63) is 53.1 Å². The zero-order valence-electron chi connectivity index (χ0n) is 15.2. The quantitative estimate of drug-likeness (QED) is 0.742. The van der Waals surface area contributed by atoms with Gasteiger partial charge in [-0.25, -0.2) is 4.39 Å². The summed E-state index contributed by atoms with van der Waals surface area (Å²) in [5.74, 6) is -2.14. The minimum atomic E-state index is -0.875. The van der Waals surface area contributed by atoms with E-state index in [1.807, 2.05) is 6.07 Å². The van der Waals surface area contributed by atoms with Gasteiger partial charge < -0.3 is 15.3 Å². The van der Waals surface area contributed by atoms with Crippen molar-refractivity contribution >= 4 is 17.8 Å². The first-order valence-corrected chi connectivity index (χ1v) is 9.02. The molecule has 0 saturated carbocycles. The van der Waals surface area contributed by atoms with Gasteiger partial charge in [0.05, 0.1) is 36.5 Å². The number of halogens is 1. The van der Waals surface area contributed by atoms with Gasteiger partial charge in [0.15, 0.2) is 0 Å². The summed E-state index contributed by atoms with van der Waals surface area (Å²) in [5.41, 5.74) is 1.50. The standard InChI is InChI=1S/C19H21FN4O4/c20-16-4-2-1-3-15(16)19(28)21-8-7-17(25)23-9-10-24-14(12-23)11-13(22-24)5-6-18(26)27/h1-4,11H,5-10,12H2,(H,21,28)(H,26,27). The van der Waals surface area contributed by atoms with E-state index in [9.17, 15) is 18.8 Å². The zero-order valence-corrected chi connectivity index (χ0v) is 15.2. The Morgan fingerprint density at radius 2 is 1.96 bits per heavy atom. The molecule has 0 aliphatic carbocycles. The predicted octanol–water partition coefficient (Wildman–Crippen LogP) is 1.20. The van der Waals surface area contributed by atoms with Crippen LogP contribution in [0, 0.1) is 5.82 Å². The number of carbonyl (C=O) groups excluding carboxylic acids is 2. The minimum Gasteiger partial charge on any atom is -0.481 e. The van der Waals surface area contributed by atoms with Gasteiger partial charge in [-0.15, -0.1) is 0 Å². The Morgan fingerprint density at radius 3 is 2.71 bits per heavy atom. The molecule has 28 heavy (non-hydrogen) atoms. The van der Waals surface area contributed by atoms with Crippen LogP contribution in [0.2, 0.25) is 0 Å². The van der Waals surface area contributed by atoms with E-state index < -0.39 is 17.7 Å². The average molecular weight is 388 g/mol. The van der Waals surface area contributed by atoms with Gasteiger partial charge >= 0.3 is 5.97 Å². The van der Waals surface area contributed by atoms with Crippen molar-refractivity contribution < 1.29 is 23.9 Å². The molecule has 1 aromatic carbocycles. The number of carboxylic acid groups (broad SMARTS) is 1. The minimum absolute atomic E-state index is 0.0147. The van der Waals surface area contributed by atoms with Gasteiger partial charge in [0.1, 0.15) is 5.82 Å². The highest BCUT2D eigenvalue weighted by atomic mass is 19.1. The monoisotopic (exact) mass is 388 g/mol. The molecule has 2 amide bonds. The second-order valence-electron chi connectivity index (χ2n) is 6.54. The van der Waals surface area contributed by atoms with Gasteiger partial charge in [0.25, 0.3) is 5.91 Å². The first kappa shape index (κ1) is 19.5. The molecule has 0 radical (unpaired) electrons. The maximum atomic E-state index is 13.6. The van der Waals surface area contributed by atoms with Gasteiger partial charge in [-0.3, -0.25) is 19.1 Å². The maximum Gasteiger partial charge on any atom is 0.303 e. The Bertz CT molecular complexity index is 896. The molecule has 1 aliphatic rings. The molecule has 148 valence electrons. The van der Waals surface area contributed by atoms with Crippen LogP contribution in [0.25, 0.3) is 0 Å². The van der Waals surface area contributed by atoms with Crippen LogP contribution in [-0.4, -0.2) is 50.7 Å². The fraction of sp³-hybridized carbons (Fsp3) is 0.368. The average Bonchev–Trinajstić information content (AvgIpc) is 3.08. The molecule has 2 heterocycles. The summed E-state index contributed by atoms with van der Waals surface area (Å²) in [4.78, 5) is 36.7. The third kappa shape index (κ3) is 4.73. The van der Waals surface area contributed by atoms with Crippen LogP contribution >= 0.6 is 0 Å². The van der Waals surface area contributed by atoms with E-state index in [0.717, 1.165) is 5.69 Å². The largest absolute Gasteiger partial charge is 0.481 e. The number of nitrogens with one attached hydrogen (secondary N) is 1. The highest BCUT2D eigenvalue weighted by molar-refractivity contribution is 5.94. The van der Waals surface area contributed by atoms with Crippen molar-refractivity contribution in [3.63, 3.8) is 0 Å². The Morgan fingerprint density at radius 1 is 1.18 bits per heavy atom. The summed E-state index contributed by atoms with van der Waals surface area (Å²) in [6.45, 7) is 1.54. The van der Waals surface area contributed by atoms with Crippen molar-refractivity contribution in [2.24, 2.45) is 0 Å². The van der Waals surface area contributed by atoms with Crippen molar-refractivity contribution in [1.82, 2.24) is 20.0 Å². The van der Waals surface area contributed by atoms with E-state index in [-0.39, 0.29) is 30.9 Å². The Hall–Kier alpha value is -3.23. The van der Waals surface area contributed by atoms with E-state index in [1.54, 1.807) is 15.6 Å². The topological polar surface area (TPSA) is 105 Å². The van der Waals surface area contributed by atoms with Crippen LogP contribution in [0.5, 0.6) is 0 Å². The fourth-order valence-electron chi connectivity index (χ4n) is 3.08. The number of hydrogen-bond donors (Lipinski definition) is 2. The number of carboxylic acids is 1. The van der Waals surface area contributed by atoms with Crippen LogP contribution in [0.3, 0.4) is 0 Å². The summed E-state index contributed by atoms with van der Waals surface area (Å²) >= 11 is 0. The van der Waals surface area contributed by atoms with E-state index >= 15 is 0 Å². The molecule has 0 bridgehead atoms. The van der Waals surface area contributed by atoms with E-state index in [4.69, 9.17) is 5.11 Å². The molecule has 8 nitrogen and oxygen atoms in total. The number of carbonyl (C=O) groups is 3. The van der Waals surface area contributed by atoms with Crippen molar-refractivity contribution in [2.75, 3.05) is 13.1 Å². The Kier molecular flexibility index (Phi) is 6.03. The van der Waals surface area contributed by atoms with E-state index in [1.165, 1.54) is 18.2 Å². The number of nitrogens with zero attached hydrogens (tertiary/aromatic N) is 3. The lowest BCUT2D eigenvalue weighted by molar-refractivity contribution is -0.137. The van der Waals surface area contributed by atoms with Gasteiger partial charge in [-0.1, -0.05) is 12.1 Å². The van der Waals surface area contributed by atoms with Crippen LogP contribution in [-0.2, 0) is 29.1 Å². The van der Waals surface area contributed by atoms with Crippen LogP contribution in [0.1, 0.15) is 34.6 Å². The smallest absolute Gasteiger partial charge is 0.303 e. The number of benzene rings is 1. The fourth-order valence-corrected chi connectivity index (χ4v) is 3.08. The molecular weight excluding hydrogens is 367 g/mol. The van der Waals surface area contributed by atoms with Crippen LogP contribution in [0.15, 0.2) is 30.3 Å². The first-order valence-electron chi connectivity index (χ1n) is 9.02. The molecule has 0 fully saturated rings. The zero-order chi connectivity index (χ0) is 20.1. The predicted molar refractivity (Wildman–Crippen MR) is 97.0 cm³/mol. The van der Waals surface area contributed by atoms with Crippen molar-refractivity contribution in [1.29, 1.82) is 0 Å². The van der Waals surface area contributed by atoms with Crippen molar-refractivity contribution in [3.8, 4) is 0 Å². The molecule has 1 aromatic heterocycles. The van der Waals surface area contributed by atoms with Crippen molar-refractivity contribution in [2.45, 2.75) is 32.4 Å². The summed E-state index contributed by atoms with van der Waals surface area (Å²) in [6.07, 6.45) is 0.479. The third-order valence-corrected chi connectivity index (χ3v) is 4.54. The number of fused-ring (bicyclic) bond motifs is 1. The summed E-state index contributed by atoms with van der Waals surface area (Å²) in [7, 11) is 0. The summed E-state index contributed by atoms with van der Waals surface area (Å²) in [6, 6.07) is 7.50. The lowest BCUT2D eigenvalue weighted by Crippen LogP contribution is -2.40. The van der Waals surface area contributed by atoms with Crippen LogP contribution in [0.4, 0.5) is 4.39 Å². The highest BCUT2D eigenvalue weighted by Gasteiger charge is 2.22. The second-order valence-corrected chi connectivity index (χ2v) is 6.54. The highest BCUT2D eigenvalue weighted by Crippen LogP contribution is 2.15. The molecule has 9 heteroatoms. The Balaban J connectivity index is 1.49. The molecule has 2 N–H and O–H groups in total. The molecule has 0 atom stereocenters. The number of aliphatic carboxylic acids is 1. The molecule has 0 saturated heterocycles. The molecular formula is C19H21FN4O4. The molecule has 0 spiro atoms. The maximum absolute atomic E-state index is 13.6. The van der Waals surface area contributed by atoms with Gasteiger partial charge in [0, 0.05) is 25.9 Å². The number of hydrogen-bond acceptors (Lipinski definition) is 4. The van der Waals surface area contributed by atoms with Gasteiger partial charge in [-0.2, -0.15) is 5.10 Å². The number of aryl methyl sites for hydroxylation is 1. The molecule has 2 aromatic rings. The van der Waals surface area contributed by atoms with Crippen LogP contribution < -0.4 is 5.32 Å². The molecule has 0 unspecified atom stereocenters. The van der Waals surface area contributed by atoms with Gasteiger partial charge in [0.2, 0.25) is 5.91 Å². The summed E-state index contributed by atoms with van der Waals surface area (Å²) in [5, 5.41) is 15.7. The second kappa shape index (κ2) is 8.64. The number of amides is 2. The summed E-state index contributed by atoms with van der Waals surface area (Å²) < 4.78 is 15.4. The lowest BCUT2D eigenvalue weighted by Gasteiger charge is -2.27. The number of rotatable bonds is 7. The van der Waals surface area contributed by atoms with E-state index in [0.29, 0.717) is 31.7 Å². The lowest BCUT2D eigenvalue weighted by atomic mass is 10.2. The van der Waals surface area contributed by atoms with E-state index in [2.05, 4.69) is 10.4 Å².